The van der Waals surface area contributed by atoms with Crippen LogP contribution >= 0.6 is 0 Å². The molecule has 4 aromatic rings. The van der Waals surface area contributed by atoms with Crippen LogP contribution in [0.25, 0.3) is 12.2 Å². The average molecular weight is 475 g/mol. The van der Waals surface area contributed by atoms with Crippen LogP contribution in [0, 0.1) is 0 Å². The van der Waals surface area contributed by atoms with Crippen LogP contribution in [0.15, 0.2) is 121 Å². The predicted molar refractivity (Wildman–Crippen MR) is 143 cm³/mol. The zero-order valence-electron chi connectivity index (χ0n) is 19.7. The van der Waals surface area contributed by atoms with Gasteiger partial charge in [0, 0.05) is 11.1 Å². The van der Waals surface area contributed by atoms with Crippen molar-refractivity contribution in [1.29, 1.82) is 0 Å². The highest BCUT2D eigenvalue weighted by molar-refractivity contribution is 6.07. The number of ether oxygens (including phenoxy) is 2. The van der Waals surface area contributed by atoms with Gasteiger partial charge in [-0.2, -0.15) is 0 Å². The highest BCUT2D eigenvalue weighted by Crippen LogP contribution is 2.16. The van der Waals surface area contributed by atoms with Crippen molar-refractivity contribution in [2.45, 2.75) is 0 Å². The third-order valence-corrected chi connectivity index (χ3v) is 5.35. The van der Waals surface area contributed by atoms with Crippen LogP contribution in [0.5, 0.6) is 11.5 Å². The molecule has 0 saturated carbocycles. The summed E-state index contributed by atoms with van der Waals surface area (Å²) >= 11 is 0. The first-order valence-corrected chi connectivity index (χ1v) is 11.7. The Bertz CT molecular complexity index is 1320. The van der Waals surface area contributed by atoms with Crippen molar-refractivity contribution in [3.63, 3.8) is 0 Å². The van der Waals surface area contributed by atoms with Crippen molar-refractivity contribution in [1.82, 2.24) is 0 Å². The Morgan fingerprint density at radius 2 is 0.917 bits per heavy atom. The summed E-state index contributed by atoms with van der Waals surface area (Å²) in [6.07, 6.45) is 6.73. The first-order chi connectivity index (χ1) is 17.7. The molecule has 0 N–H and O–H groups in total. The lowest BCUT2D eigenvalue weighted by Crippen LogP contribution is -2.09. The van der Waals surface area contributed by atoms with E-state index in [1.54, 1.807) is 60.7 Å². The highest BCUT2D eigenvalue weighted by atomic mass is 16.5. The lowest BCUT2D eigenvalue weighted by Gasteiger charge is -2.09. The maximum Gasteiger partial charge on any atom is 0.185 e. The van der Waals surface area contributed by atoms with Crippen molar-refractivity contribution in [3.05, 3.63) is 144 Å². The Kier molecular flexibility index (Phi) is 8.60. The van der Waals surface area contributed by atoms with Gasteiger partial charge >= 0.3 is 0 Å². The van der Waals surface area contributed by atoms with E-state index < -0.39 is 0 Å². The number of carbonyl (C=O) groups excluding carboxylic acids is 2. The van der Waals surface area contributed by atoms with Gasteiger partial charge in [0.15, 0.2) is 11.6 Å². The molecule has 0 aliphatic heterocycles. The summed E-state index contributed by atoms with van der Waals surface area (Å²) < 4.78 is 11.5. The summed E-state index contributed by atoms with van der Waals surface area (Å²) in [6, 6.07) is 33.4. The average Bonchev–Trinajstić information content (AvgIpc) is 2.94. The van der Waals surface area contributed by atoms with Crippen molar-refractivity contribution in [3.8, 4) is 11.5 Å². The summed E-state index contributed by atoms with van der Waals surface area (Å²) in [6.45, 7) is 0.747. The molecule has 4 heteroatoms. The van der Waals surface area contributed by atoms with Gasteiger partial charge in [0.05, 0.1) is 0 Å². The van der Waals surface area contributed by atoms with Gasteiger partial charge in [-0.3, -0.25) is 9.59 Å². The normalized spacial score (nSPS) is 11.0. The minimum Gasteiger partial charge on any atom is -0.490 e. The number of hydrogen-bond acceptors (Lipinski definition) is 4. The molecule has 4 nitrogen and oxygen atoms in total. The van der Waals surface area contributed by atoms with Gasteiger partial charge in [-0.15, -0.1) is 0 Å². The molecule has 0 fully saturated rings. The number of ketones is 2. The van der Waals surface area contributed by atoms with Crippen LogP contribution in [-0.4, -0.2) is 24.8 Å². The second kappa shape index (κ2) is 12.7. The van der Waals surface area contributed by atoms with Gasteiger partial charge in [-0.05, 0) is 59.7 Å². The van der Waals surface area contributed by atoms with Gasteiger partial charge in [0.25, 0.3) is 0 Å². The molecule has 4 rings (SSSR count). The number of rotatable bonds is 11. The van der Waals surface area contributed by atoms with E-state index in [1.165, 1.54) is 0 Å². The topological polar surface area (TPSA) is 52.6 Å². The molecule has 0 amide bonds. The van der Waals surface area contributed by atoms with E-state index in [4.69, 9.17) is 9.47 Å². The molecule has 0 saturated heterocycles. The zero-order valence-corrected chi connectivity index (χ0v) is 19.7. The molecule has 0 bridgehead atoms. The van der Waals surface area contributed by atoms with Gasteiger partial charge in [0.2, 0.25) is 0 Å². The third kappa shape index (κ3) is 7.40. The molecule has 0 heterocycles. The first-order valence-electron chi connectivity index (χ1n) is 11.7. The second-order valence-corrected chi connectivity index (χ2v) is 7.96. The van der Waals surface area contributed by atoms with Crippen LogP contribution in [0.3, 0.4) is 0 Å². The van der Waals surface area contributed by atoms with Crippen LogP contribution < -0.4 is 9.47 Å². The molecule has 0 aliphatic rings. The van der Waals surface area contributed by atoms with Crippen LogP contribution in [0.4, 0.5) is 0 Å². The Morgan fingerprint density at radius 3 is 1.44 bits per heavy atom. The van der Waals surface area contributed by atoms with Gasteiger partial charge in [-0.25, -0.2) is 0 Å². The summed E-state index contributed by atoms with van der Waals surface area (Å²) in [4.78, 5) is 24.5. The van der Waals surface area contributed by atoms with Crippen molar-refractivity contribution >= 4 is 23.7 Å². The number of hydrogen-bond donors (Lipinski definition) is 0. The van der Waals surface area contributed by atoms with Crippen LogP contribution in [0.2, 0.25) is 0 Å². The molecule has 0 radical (unpaired) electrons. The Balaban J connectivity index is 1.19. The smallest absolute Gasteiger partial charge is 0.185 e. The van der Waals surface area contributed by atoms with E-state index >= 15 is 0 Å². The fourth-order valence-electron chi connectivity index (χ4n) is 3.41. The minimum absolute atomic E-state index is 0.0332. The van der Waals surface area contributed by atoms with Crippen molar-refractivity contribution in [2.75, 3.05) is 13.2 Å². The lowest BCUT2D eigenvalue weighted by atomic mass is 10.1. The van der Waals surface area contributed by atoms with Gasteiger partial charge in [-0.1, -0.05) is 84.9 Å². The molecule has 4 aromatic carbocycles. The summed E-state index contributed by atoms with van der Waals surface area (Å²) in [5, 5.41) is 0. The van der Waals surface area contributed by atoms with Gasteiger partial charge < -0.3 is 9.47 Å². The maximum atomic E-state index is 12.3. The summed E-state index contributed by atoms with van der Waals surface area (Å²) in [5.41, 5.74) is 3.16. The fourth-order valence-corrected chi connectivity index (χ4v) is 3.41. The quantitative estimate of drug-likeness (QED) is 0.134. The molecule has 178 valence electrons. The molecule has 36 heavy (non-hydrogen) atoms. The molecular formula is C32H26O4. The van der Waals surface area contributed by atoms with Crippen LogP contribution in [-0.2, 0) is 0 Å². The molecule has 0 spiro atoms. The fraction of sp³-hybridized carbons (Fsp3) is 0.0625. The highest BCUT2D eigenvalue weighted by Gasteiger charge is 2.03. The monoisotopic (exact) mass is 474 g/mol. The van der Waals surface area contributed by atoms with E-state index in [9.17, 15) is 9.59 Å². The van der Waals surface area contributed by atoms with Crippen molar-refractivity contribution < 1.29 is 19.1 Å². The summed E-state index contributed by atoms with van der Waals surface area (Å²) in [5.74, 6) is 1.30. The molecular weight excluding hydrogens is 448 g/mol. The van der Waals surface area contributed by atoms with Crippen molar-refractivity contribution in [2.24, 2.45) is 0 Å². The Morgan fingerprint density at radius 1 is 0.500 bits per heavy atom. The number of allylic oxidation sites excluding steroid dienone is 2. The molecule has 0 atom stereocenters. The van der Waals surface area contributed by atoms with Gasteiger partial charge in [0.1, 0.15) is 24.7 Å². The van der Waals surface area contributed by atoms with E-state index in [2.05, 4.69) is 0 Å². The predicted octanol–water partition coefficient (Wildman–Crippen LogP) is 6.94. The van der Waals surface area contributed by atoms with E-state index in [0.717, 1.165) is 16.9 Å². The summed E-state index contributed by atoms with van der Waals surface area (Å²) in [7, 11) is 0. The SMILES string of the molecule is O=C(/C=C/c1ccc(OCCOc2ccc(C(=O)/C=C/c3ccccc3)cc2)cc1)c1ccccc1. The largest absolute Gasteiger partial charge is 0.490 e. The standard InChI is InChI=1S/C32H26O4/c33-31(27-9-5-2-6-10-27)22-14-26-11-17-29(18-12-26)35-23-24-36-30-19-15-28(16-20-30)32(34)21-13-25-7-3-1-4-8-25/h1-22H,23-24H2/b21-13+,22-14+. The second-order valence-electron chi connectivity index (χ2n) is 7.96. The molecule has 0 aromatic heterocycles. The number of carbonyl (C=O) groups is 2. The molecule has 0 aliphatic carbocycles. The third-order valence-electron chi connectivity index (χ3n) is 5.35. The Labute approximate surface area is 211 Å². The van der Waals surface area contributed by atoms with E-state index in [-0.39, 0.29) is 11.6 Å². The maximum absolute atomic E-state index is 12.3. The molecule has 0 unspecified atom stereocenters. The Hall–Kier alpha value is -4.70. The van der Waals surface area contributed by atoms with E-state index in [0.29, 0.717) is 30.1 Å². The number of benzene rings is 4. The lowest BCUT2D eigenvalue weighted by molar-refractivity contribution is 0.103. The zero-order chi connectivity index (χ0) is 25.0. The van der Waals surface area contributed by atoms with Crippen LogP contribution in [0.1, 0.15) is 31.8 Å². The minimum atomic E-state index is -0.0588. The first kappa shape index (κ1) is 24.4. The van der Waals surface area contributed by atoms with E-state index in [1.807, 2.05) is 72.8 Å².